The molecule has 3 heterocycles. The Labute approximate surface area is 150 Å². The lowest BCUT2D eigenvalue weighted by atomic mass is 10.1. The normalized spacial score (nSPS) is 16.3. The minimum Gasteiger partial charge on any atom is -0.324 e. The molecule has 140 valence electrons. The number of carbonyl (C=O) groups is 3. The summed E-state index contributed by atoms with van der Waals surface area (Å²) in [6.07, 6.45) is -3.40. The molecule has 1 aromatic carbocycles. The zero-order chi connectivity index (χ0) is 19.3. The van der Waals surface area contributed by atoms with E-state index in [1.165, 1.54) is 24.3 Å². The molecular weight excluding hydrogens is 367 g/mol. The van der Waals surface area contributed by atoms with E-state index in [-0.39, 0.29) is 34.8 Å². The number of hydrogen-bond donors (Lipinski definition) is 0. The highest BCUT2D eigenvalue weighted by Crippen LogP contribution is 2.33. The number of imidazole rings is 1. The number of fused-ring (bicyclic) bond motifs is 2. The van der Waals surface area contributed by atoms with Gasteiger partial charge in [-0.2, -0.15) is 13.2 Å². The number of amides is 2. The van der Waals surface area contributed by atoms with Crippen molar-refractivity contribution in [2.24, 2.45) is 0 Å². The second-order valence-electron chi connectivity index (χ2n) is 6.17. The van der Waals surface area contributed by atoms with E-state index in [1.807, 2.05) is 0 Å². The summed E-state index contributed by atoms with van der Waals surface area (Å²) in [5.74, 6) is -4.17. The van der Waals surface area contributed by atoms with Gasteiger partial charge in [-0.25, -0.2) is 9.78 Å². The molecule has 0 aliphatic carbocycles. The summed E-state index contributed by atoms with van der Waals surface area (Å²) in [6.45, 7) is 0.0808. The number of alkyl halides is 3. The molecule has 0 bridgehead atoms. The zero-order valence-corrected chi connectivity index (χ0v) is 13.7. The first-order valence-electron chi connectivity index (χ1n) is 8.15. The number of imide groups is 1. The van der Waals surface area contributed by atoms with Gasteiger partial charge in [-0.05, 0) is 31.4 Å². The van der Waals surface area contributed by atoms with Crippen LogP contribution < -0.4 is 0 Å². The molecule has 0 unspecified atom stereocenters. The molecule has 27 heavy (non-hydrogen) atoms. The van der Waals surface area contributed by atoms with Crippen LogP contribution in [0.15, 0.2) is 24.3 Å². The van der Waals surface area contributed by atoms with Crippen molar-refractivity contribution in [3.05, 3.63) is 52.6 Å². The van der Waals surface area contributed by atoms with Crippen molar-refractivity contribution in [1.82, 2.24) is 14.6 Å². The second-order valence-corrected chi connectivity index (χ2v) is 6.17. The van der Waals surface area contributed by atoms with Gasteiger partial charge in [0.05, 0.1) is 16.8 Å². The van der Waals surface area contributed by atoms with Gasteiger partial charge in [-0.3, -0.25) is 9.59 Å². The summed E-state index contributed by atoms with van der Waals surface area (Å²) < 4.78 is 40.6. The van der Waals surface area contributed by atoms with E-state index in [2.05, 4.69) is 4.98 Å². The fourth-order valence-electron chi connectivity index (χ4n) is 3.30. The third-order valence-corrected chi connectivity index (χ3v) is 4.50. The van der Waals surface area contributed by atoms with Gasteiger partial charge in [0.1, 0.15) is 0 Å². The number of rotatable bonds is 2. The van der Waals surface area contributed by atoms with Gasteiger partial charge in [-0.1, -0.05) is 17.2 Å². The number of nitrogens with zero attached hydrogens (tertiary/aromatic N) is 3. The van der Waals surface area contributed by atoms with Gasteiger partial charge in [0, 0.05) is 6.54 Å². The Morgan fingerprint density at radius 1 is 1.07 bits per heavy atom. The average Bonchev–Trinajstić information content (AvgIpc) is 3.14. The summed E-state index contributed by atoms with van der Waals surface area (Å²) in [5, 5.41) is 0.259. The number of halogens is 3. The first kappa shape index (κ1) is 17.3. The third kappa shape index (κ3) is 2.68. The van der Waals surface area contributed by atoms with E-state index < -0.39 is 35.5 Å². The van der Waals surface area contributed by atoms with Gasteiger partial charge in [0.2, 0.25) is 5.82 Å². The molecule has 2 aliphatic heterocycles. The molecule has 10 heteroatoms. The fraction of sp³-hybridized carbons (Fsp3) is 0.294. The minimum atomic E-state index is -4.74. The van der Waals surface area contributed by atoms with Crippen LogP contribution in [0.3, 0.4) is 0 Å². The number of benzene rings is 1. The monoisotopic (exact) mass is 379 g/mol. The topological polar surface area (TPSA) is 81.5 Å². The Bertz CT molecular complexity index is 945. The van der Waals surface area contributed by atoms with E-state index in [0.717, 1.165) is 4.57 Å². The fourth-order valence-corrected chi connectivity index (χ4v) is 3.30. The molecule has 1 aromatic heterocycles. The van der Waals surface area contributed by atoms with Crippen molar-refractivity contribution < 1.29 is 32.4 Å². The van der Waals surface area contributed by atoms with Crippen LogP contribution in [0.1, 0.15) is 55.6 Å². The molecule has 0 radical (unpaired) electrons. The Balaban J connectivity index is 1.66. The van der Waals surface area contributed by atoms with Crippen LogP contribution in [0.5, 0.6) is 0 Å². The number of aromatic nitrogens is 2. The number of hydrogen-bond acceptors (Lipinski definition) is 5. The van der Waals surface area contributed by atoms with E-state index >= 15 is 0 Å². The zero-order valence-electron chi connectivity index (χ0n) is 13.7. The number of carbonyl (C=O) groups excluding carboxylic acids is 3. The quantitative estimate of drug-likeness (QED) is 0.750. The van der Waals surface area contributed by atoms with E-state index in [9.17, 15) is 27.6 Å². The van der Waals surface area contributed by atoms with Gasteiger partial charge in [0.15, 0.2) is 5.69 Å². The summed E-state index contributed by atoms with van der Waals surface area (Å²) >= 11 is 0. The van der Waals surface area contributed by atoms with E-state index in [1.54, 1.807) is 0 Å². The van der Waals surface area contributed by atoms with Crippen LogP contribution in [0, 0.1) is 0 Å². The predicted molar refractivity (Wildman–Crippen MR) is 82.5 cm³/mol. The molecule has 0 saturated carbocycles. The van der Waals surface area contributed by atoms with Crippen molar-refractivity contribution in [3.63, 3.8) is 0 Å². The highest BCUT2D eigenvalue weighted by molar-refractivity contribution is 6.21. The molecule has 4 rings (SSSR count). The SMILES string of the molecule is O=C(ON1C(=O)c2ccccc2C1=O)c1nc(C(F)(F)F)n2c1CCCC2. The highest BCUT2D eigenvalue weighted by Gasteiger charge is 2.43. The molecule has 0 N–H and O–H groups in total. The van der Waals surface area contributed by atoms with Crippen molar-refractivity contribution >= 4 is 17.8 Å². The Morgan fingerprint density at radius 3 is 2.30 bits per heavy atom. The Hall–Kier alpha value is -3.17. The smallest absolute Gasteiger partial charge is 0.324 e. The van der Waals surface area contributed by atoms with Crippen LogP contribution in [0.25, 0.3) is 0 Å². The van der Waals surface area contributed by atoms with Gasteiger partial charge < -0.3 is 9.40 Å². The average molecular weight is 379 g/mol. The maximum absolute atomic E-state index is 13.2. The molecule has 0 atom stereocenters. The molecule has 0 saturated heterocycles. The van der Waals surface area contributed by atoms with E-state index in [0.29, 0.717) is 12.8 Å². The van der Waals surface area contributed by atoms with Gasteiger partial charge >= 0.3 is 12.1 Å². The molecule has 2 aliphatic rings. The van der Waals surface area contributed by atoms with Gasteiger partial charge in [0.25, 0.3) is 11.8 Å². The highest BCUT2D eigenvalue weighted by atomic mass is 19.4. The minimum absolute atomic E-state index is 0.0538. The molecule has 0 spiro atoms. The summed E-state index contributed by atoms with van der Waals surface area (Å²) in [4.78, 5) is 45.2. The molecule has 7 nitrogen and oxygen atoms in total. The largest absolute Gasteiger partial charge is 0.449 e. The number of hydroxylamine groups is 2. The summed E-state index contributed by atoms with van der Waals surface area (Å²) in [5.41, 5.74) is -0.329. The maximum atomic E-state index is 13.2. The predicted octanol–water partition coefficient (Wildman–Crippen LogP) is 2.61. The molecular formula is C17H12F3N3O4. The first-order valence-corrected chi connectivity index (χ1v) is 8.15. The van der Waals surface area contributed by atoms with Crippen LogP contribution in [0.2, 0.25) is 0 Å². The Morgan fingerprint density at radius 2 is 1.70 bits per heavy atom. The van der Waals surface area contributed by atoms with Crippen LogP contribution in [-0.4, -0.2) is 32.4 Å². The Kier molecular flexibility index (Phi) is 3.79. The summed E-state index contributed by atoms with van der Waals surface area (Å²) in [7, 11) is 0. The van der Waals surface area contributed by atoms with Crippen molar-refractivity contribution in [2.45, 2.75) is 32.0 Å². The second kappa shape index (κ2) is 5.93. The van der Waals surface area contributed by atoms with Crippen molar-refractivity contribution in [3.8, 4) is 0 Å². The lowest BCUT2D eigenvalue weighted by Gasteiger charge is -2.18. The standard InChI is InChI=1S/C17H12F3N3O4/c18-17(19,20)16-21-12(11-7-3-4-8-22(11)16)15(26)27-23-13(24)9-5-1-2-6-10(9)14(23)25/h1-2,5-6H,3-4,7-8H2. The molecule has 2 amide bonds. The van der Waals surface area contributed by atoms with Crippen LogP contribution in [-0.2, 0) is 24.0 Å². The van der Waals surface area contributed by atoms with Gasteiger partial charge in [-0.15, -0.1) is 0 Å². The summed E-state index contributed by atoms with van der Waals surface area (Å²) in [6, 6.07) is 5.86. The van der Waals surface area contributed by atoms with Crippen LogP contribution >= 0.6 is 0 Å². The lowest BCUT2D eigenvalue weighted by Crippen LogP contribution is -2.33. The van der Waals surface area contributed by atoms with Crippen molar-refractivity contribution in [2.75, 3.05) is 0 Å². The molecule has 2 aromatic rings. The van der Waals surface area contributed by atoms with Crippen molar-refractivity contribution in [1.29, 1.82) is 0 Å². The first-order chi connectivity index (χ1) is 12.8. The maximum Gasteiger partial charge on any atom is 0.449 e. The van der Waals surface area contributed by atoms with E-state index in [4.69, 9.17) is 4.84 Å². The molecule has 0 fully saturated rings. The lowest BCUT2D eigenvalue weighted by molar-refractivity contribution is -0.147. The third-order valence-electron chi connectivity index (χ3n) is 4.50. The van der Waals surface area contributed by atoms with Crippen LogP contribution in [0.4, 0.5) is 13.2 Å².